The summed E-state index contributed by atoms with van der Waals surface area (Å²) in [5, 5.41) is 2.88. The molecule has 1 fully saturated rings. The average molecular weight is 524 g/mol. The summed E-state index contributed by atoms with van der Waals surface area (Å²) in [6, 6.07) is 9.81. The molecule has 1 saturated heterocycles. The lowest BCUT2D eigenvalue weighted by molar-refractivity contribution is -0.118. The first kappa shape index (κ1) is 21.8. The maximum Gasteiger partial charge on any atom is 0.262 e. The van der Waals surface area contributed by atoms with Crippen LogP contribution >= 0.6 is 34.8 Å². The fourth-order valence-electron chi connectivity index (χ4n) is 3.47. The van der Waals surface area contributed by atoms with Crippen LogP contribution in [-0.4, -0.2) is 42.6 Å². The highest BCUT2D eigenvalue weighted by Gasteiger charge is 2.20. The number of methoxy groups -OCH3 is 1. The number of carbonyl (C=O) groups excluding carboxylic acids is 1. The SMILES string of the molecule is COc1cc(C(=S)N2CCCC2)cc(I)c1OCC(=O)Nc1cc(C)cc(C)c1. The number of anilines is 1. The van der Waals surface area contributed by atoms with Gasteiger partial charge in [0.2, 0.25) is 0 Å². The number of benzene rings is 2. The number of aryl methyl sites for hydroxylation is 2. The van der Waals surface area contributed by atoms with Crippen LogP contribution in [0.1, 0.15) is 29.5 Å². The van der Waals surface area contributed by atoms with Crippen LogP contribution in [0.15, 0.2) is 30.3 Å². The molecule has 29 heavy (non-hydrogen) atoms. The Labute approximate surface area is 190 Å². The van der Waals surface area contributed by atoms with Gasteiger partial charge in [-0.1, -0.05) is 18.3 Å². The molecule has 154 valence electrons. The number of hydrogen-bond acceptors (Lipinski definition) is 4. The van der Waals surface area contributed by atoms with Crippen molar-refractivity contribution in [3.63, 3.8) is 0 Å². The minimum absolute atomic E-state index is 0.102. The Morgan fingerprint density at radius 1 is 1.14 bits per heavy atom. The van der Waals surface area contributed by atoms with Gasteiger partial charge >= 0.3 is 0 Å². The molecule has 0 spiro atoms. The van der Waals surface area contributed by atoms with Crippen molar-refractivity contribution in [2.45, 2.75) is 26.7 Å². The number of ether oxygens (including phenoxy) is 2. The molecule has 0 saturated carbocycles. The van der Waals surface area contributed by atoms with E-state index in [1.165, 1.54) is 12.8 Å². The second-order valence-electron chi connectivity index (χ2n) is 7.20. The predicted octanol–water partition coefficient (Wildman–Crippen LogP) is 4.71. The molecule has 1 heterocycles. The zero-order valence-corrected chi connectivity index (χ0v) is 19.9. The molecule has 3 rings (SSSR count). The van der Waals surface area contributed by atoms with Gasteiger partial charge < -0.3 is 19.7 Å². The first-order chi connectivity index (χ1) is 13.9. The van der Waals surface area contributed by atoms with Crippen LogP contribution in [0.3, 0.4) is 0 Å². The molecule has 0 atom stereocenters. The van der Waals surface area contributed by atoms with E-state index in [2.05, 4.69) is 38.9 Å². The molecule has 5 nitrogen and oxygen atoms in total. The monoisotopic (exact) mass is 524 g/mol. The number of halogens is 1. The zero-order valence-electron chi connectivity index (χ0n) is 16.9. The lowest BCUT2D eigenvalue weighted by atomic mass is 10.1. The molecule has 0 radical (unpaired) electrons. The summed E-state index contributed by atoms with van der Waals surface area (Å²) in [5.41, 5.74) is 3.91. The Hall–Kier alpha value is -1.87. The van der Waals surface area contributed by atoms with Crippen LogP contribution in [0.4, 0.5) is 5.69 Å². The largest absolute Gasteiger partial charge is 0.493 e. The summed E-state index contributed by atoms with van der Waals surface area (Å²) in [6.07, 6.45) is 2.34. The highest BCUT2D eigenvalue weighted by molar-refractivity contribution is 14.1. The van der Waals surface area contributed by atoms with Crippen LogP contribution < -0.4 is 14.8 Å². The van der Waals surface area contributed by atoms with Crippen molar-refractivity contribution in [2.24, 2.45) is 0 Å². The number of rotatable bonds is 6. The first-order valence-corrected chi connectivity index (χ1v) is 11.0. The molecule has 2 aromatic rings. The fourth-order valence-corrected chi connectivity index (χ4v) is 4.53. The summed E-state index contributed by atoms with van der Waals surface area (Å²) in [4.78, 5) is 15.4. The normalized spacial score (nSPS) is 13.3. The summed E-state index contributed by atoms with van der Waals surface area (Å²) in [5.74, 6) is 0.911. The summed E-state index contributed by atoms with van der Waals surface area (Å²) < 4.78 is 12.2. The van der Waals surface area contributed by atoms with Gasteiger partial charge in [-0.3, -0.25) is 4.79 Å². The van der Waals surface area contributed by atoms with Gasteiger partial charge in [0.1, 0.15) is 4.99 Å². The smallest absolute Gasteiger partial charge is 0.262 e. The quantitative estimate of drug-likeness (QED) is 0.439. The van der Waals surface area contributed by atoms with Gasteiger partial charge in [0.15, 0.2) is 18.1 Å². The lowest BCUT2D eigenvalue weighted by Gasteiger charge is -2.20. The second kappa shape index (κ2) is 9.75. The van der Waals surface area contributed by atoms with Crippen LogP contribution in [-0.2, 0) is 4.79 Å². The van der Waals surface area contributed by atoms with Crippen LogP contribution in [0.5, 0.6) is 11.5 Å². The van der Waals surface area contributed by atoms with Gasteiger partial charge in [0, 0.05) is 24.3 Å². The number of nitrogens with zero attached hydrogens (tertiary/aromatic N) is 1. The highest BCUT2D eigenvalue weighted by Crippen LogP contribution is 2.34. The number of hydrogen-bond donors (Lipinski definition) is 1. The van der Waals surface area contributed by atoms with E-state index < -0.39 is 0 Å². The highest BCUT2D eigenvalue weighted by atomic mass is 127. The van der Waals surface area contributed by atoms with Crippen molar-refractivity contribution in [3.8, 4) is 11.5 Å². The number of thiocarbonyl (C=S) groups is 1. The summed E-state index contributed by atoms with van der Waals surface area (Å²) in [7, 11) is 1.59. The molecular formula is C22H25IN2O3S. The van der Waals surface area contributed by atoms with E-state index in [9.17, 15) is 4.79 Å². The predicted molar refractivity (Wildman–Crippen MR) is 128 cm³/mol. The third-order valence-corrected chi connectivity index (χ3v) is 6.02. The van der Waals surface area contributed by atoms with E-state index in [0.717, 1.165) is 44.0 Å². The third-order valence-electron chi connectivity index (χ3n) is 4.72. The van der Waals surface area contributed by atoms with E-state index in [1.807, 2.05) is 38.1 Å². The Balaban J connectivity index is 1.69. The maximum absolute atomic E-state index is 12.4. The molecule has 1 amide bonds. The number of amides is 1. The van der Waals surface area contributed by atoms with Gasteiger partial charge in [-0.05, 0) is 84.7 Å². The van der Waals surface area contributed by atoms with Gasteiger partial charge in [-0.25, -0.2) is 0 Å². The van der Waals surface area contributed by atoms with Crippen LogP contribution in [0.2, 0.25) is 0 Å². The molecule has 0 aromatic heterocycles. The fraction of sp³-hybridized carbons (Fsp3) is 0.364. The molecular weight excluding hydrogens is 499 g/mol. The minimum atomic E-state index is -0.218. The van der Waals surface area contributed by atoms with Crippen molar-refractivity contribution in [2.75, 3.05) is 32.1 Å². The van der Waals surface area contributed by atoms with Gasteiger partial charge in [0.05, 0.1) is 10.7 Å². The zero-order chi connectivity index (χ0) is 21.0. The summed E-state index contributed by atoms with van der Waals surface area (Å²) in [6.45, 7) is 5.89. The molecule has 0 aliphatic carbocycles. The van der Waals surface area contributed by atoms with E-state index in [0.29, 0.717) is 11.5 Å². The average Bonchev–Trinajstić information content (AvgIpc) is 3.19. The van der Waals surface area contributed by atoms with E-state index in [-0.39, 0.29) is 12.5 Å². The molecule has 0 unspecified atom stereocenters. The Kier molecular flexibility index (Phi) is 7.34. The van der Waals surface area contributed by atoms with Crippen molar-refractivity contribution in [1.29, 1.82) is 0 Å². The van der Waals surface area contributed by atoms with Crippen molar-refractivity contribution >= 4 is 51.4 Å². The number of likely N-dealkylation sites (tertiary alicyclic amines) is 1. The maximum atomic E-state index is 12.4. The Morgan fingerprint density at radius 2 is 1.79 bits per heavy atom. The third kappa shape index (κ3) is 5.60. The van der Waals surface area contributed by atoms with Crippen molar-refractivity contribution < 1.29 is 14.3 Å². The molecule has 2 aromatic carbocycles. The van der Waals surface area contributed by atoms with E-state index >= 15 is 0 Å². The van der Waals surface area contributed by atoms with Gasteiger partial charge in [-0.15, -0.1) is 0 Å². The minimum Gasteiger partial charge on any atom is -0.493 e. The topological polar surface area (TPSA) is 50.8 Å². The molecule has 1 aliphatic heterocycles. The van der Waals surface area contributed by atoms with E-state index in [4.69, 9.17) is 21.7 Å². The number of carbonyl (C=O) groups is 1. The van der Waals surface area contributed by atoms with Crippen molar-refractivity contribution in [1.82, 2.24) is 4.90 Å². The van der Waals surface area contributed by atoms with Gasteiger partial charge in [0.25, 0.3) is 5.91 Å². The molecule has 0 bridgehead atoms. The Morgan fingerprint density at radius 3 is 2.41 bits per heavy atom. The summed E-state index contributed by atoms with van der Waals surface area (Å²) >= 11 is 7.85. The molecule has 1 N–H and O–H groups in total. The van der Waals surface area contributed by atoms with E-state index in [1.54, 1.807) is 7.11 Å². The van der Waals surface area contributed by atoms with Crippen molar-refractivity contribution in [3.05, 3.63) is 50.6 Å². The second-order valence-corrected chi connectivity index (χ2v) is 8.75. The lowest BCUT2D eigenvalue weighted by Crippen LogP contribution is -2.26. The van der Waals surface area contributed by atoms with Crippen LogP contribution in [0.25, 0.3) is 0 Å². The molecule has 7 heteroatoms. The number of nitrogens with one attached hydrogen (secondary N) is 1. The van der Waals surface area contributed by atoms with Crippen LogP contribution in [0, 0.1) is 17.4 Å². The Bertz CT molecular complexity index is 906. The standard InChI is InChI=1S/C22H25IN2O3S/c1-14-8-15(2)10-17(9-14)24-20(26)13-28-21-18(23)11-16(12-19(21)27-3)22(29)25-6-4-5-7-25/h8-12H,4-7,13H2,1-3H3,(H,24,26). The molecule has 1 aliphatic rings. The van der Waals surface area contributed by atoms with Gasteiger partial charge in [-0.2, -0.15) is 0 Å². The first-order valence-electron chi connectivity index (χ1n) is 9.55.